The van der Waals surface area contributed by atoms with Crippen LogP contribution in [-0.2, 0) is 13.0 Å². The summed E-state index contributed by atoms with van der Waals surface area (Å²) in [7, 11) is 0. The van der Waals surface area contributed by atoms with E-state index in [-0.39, 0.29) is 6.04 Å². The van der Waals surface area contributed by atoms with Crippen molar-refractivity contribution in [2.75, 3.05) is 6.54 Å². The number of aryl methyl sites for hydroxylation is 4. The lowest BCUT2D eigenvalue weighted by atomic mass is 10.00. The summed E-state index contributed by atoms with van der Waals surface area (Å²) in [6, 6.07) is 4.55. The molecule has 0 spiro atoms. The highest BCUT2D eigenvalue weighted by atomic mass is 15.3. The summed E-state index contributed by atoms with van der Waals surface area (Å²) in [5.74, 6) is 0. The zero-order chi connectivity index (χ0) is 15.4. The number of hydrogen-bond donors (Lipinski definition) is 1. The normalized spacial score (nSPS) is 12.6. The second kappa shape index (κ2) is 6.80. The summed E-state index contributed by atoms with van der Waals surface area (Å²) in [5.41, 5.74) is 5.51. The van der Waals surface area contributed by atoms with Crippen LogP contribution in [0.3, 0.4) is 0 Å². The molecule has 5 heteroatoms. The van der Waals surface area contributed by atoms with Crippen LogP contribution >= 0.6 is 0 Å². The minimum atomic E-state index is 0.241. The lowest BCUT2D eigenvalue weighted by Crippen LogP contribution is -2.25. The molecular weight excluding hydrogens is 262 g/mol. The first kappa shape index (κ1) is 15.6. The second-order valence-electron chi connectivity index (χ2n) is 5.43. The van der Waals surface area contributed by atoms with E-state index in [1.165, 1.54) is 11.3 Å². The lowest BCUT2D eigenvalue weighted by Gasteiger charge is -2.20. The van der Waals surface area contributed by atoms with Crippen molar-refractivity contribution < 1.29 is 0 Å². The molecule has 5 nitrogen and oxygen atoms in total. The van der Waals surface area contributed by atoms with Gasteiger partial charge in [-0.05, 0) is 51.9 Å². The van der Waals surface area contributed by atoms with Gasteiger partial charge in [-0.3, -0.25) is 4.68 Å². The molecule has 0 aliphatic rings. The maximum Gasteiger partial charge on any atom is 0.0648 e. The standard InChI is InChI=1S/C16H25N5/c1-6-17-16(15-9-11(3)18-19-13(15)5)10-14-8-12(4)20-21(14)7-2/h8-9,16-17H,6-7,10H2,1-5H3. The summed E-state index contributed by atoms with van der Waals surface area (Å²) in [5, 5.41) is 16.5. The van der Waals surface area contributed by atoms with Crippen LogP contribution in [0.5, 0.6) is 0 Å². The Hall–Kier alpha value is -1.75. The molecule has 1 N–H and O–H groups in total. The minimum absolute atomic E-state index is 0.241. The van der Waals surface area contributed by atoms with Crippen molar-refractivity contribution in [3.8, 4) is 0 Å². The molecule has 0 aromatic carbocycles. The molecule has 0 aliphatic carbocycles. The van der Waals surface area contributed by atoms with E-state index in [2.05, 4.69) is 51.3 Å². The minimum Gasteiger partial charge on any atom is -0.310 e. The average Bonchev–Trinajstić information content (AvgIpc) is 2.81. The number of nitrogens with one attached hydrogen (secondary N) is 1. The molecule has 0 aliphatic heterocycles. The van der Waals surface area contributed by atoms with Crippen molar-refractivity contribution in [2.24, 2.45) is 0 Å². The fourth-order valence-electron chi connectivity index (χ4n) is 2.71. The van der Waals surface area contributed by atoms with E-state index < -0.39 is 0 Å². The van der Waals surface area contributed by atoms with Gasteiger partial charge in [0.15, 0.2) is 0 Å². The number of aromatic nitrogens is 4. The molecule has 1 atom stereocenters. The third-order valence-electron chi connectivity index (χ3n) is 3.66. The van der Waals surface area contributed by atoms with Gasteiger partial charge in [-0.1, -0.05) is 6.92 Å². The van der Waals surface area contributed by atoms with E-state index in [9.17, 15) is 0 Å². The zero-order valence-corrected chi connectivity index (χ0v) is 13.6. The van der Waals surface area contributed by atoms with Gasteiger partial charge in [-0.2, -0.15) is 15.3 Å². The zero-order valence-electron chi connectivity index (χ0n) is 13.6. The molecule has 2 heterocycles. The van der Waals surface area contributed by atoms with Crippen molar-refractivity contribution in [2.45, 2.75) is 53.6 Å². The molecule has 21 heavy (non-hydrogen) atoms. The van der Waals surface area contributed by atoms with Gasteiger partial charge >= 0.3 is 0 Å². The summed E-state index contributed by atoms with van der Waals surface area (Å²) >= 11 is 0. The van der Waals surface area contributed by atoms with Crippen molar-refractivity contribution in [3.63, 3.8) is 0 Å². The quantitative estimate of drug-likeness (QED) is 0.887. The first-order chi connectivity index (χ1) is 10.0. The number of nitrogens with zero attached hydrogens (tertiary/aromatic N) is 4. The van der Waals surface area contributed by atoms with E-state index >= 15 is 0 Å². The van der Waals surface area contributed by atoms with Crippen LogP contribution < -0.4 is 5.32 Å². The molecule has 0 fully saturated rings. The van der Waals surface area contributed by atoms with Gasteiger partial charge in [0.2, 0.25) is 0 Å². The van der Waals surface area contributed by atoms with Crippen molar-refractivity contribution >= 4 is 0 Å². The van der Waals surface area contributed by atoms with Crippen LogP contribution in [0.15, 0.2) is 12.1 Å². The summed E-state index contributed by atoms with van der Waals surface area (Å²) < 4.78 is 2.08. The predicted molar refractivity (Wildman–Crippen MR) is 84.3 cm³/mol. The molecule has 2 aromatic rings. The van der Waals surface area contributed by atoms with Gasteiger partial charge in [-0.25, -0.2) is 0 Å². The van der Waals surface area contributed by atoms with Gasteiger partial charge in [0.05, 0.1) is 17.1 Å². The van der Waals surface area contributed by atoms with E-state index in [1.54, 1.807) is 0 Å². The highest BCUT2D eigenvalue weighted by Gasteiger charge is 2.17. The van der Waals surface area contributed by atoms with Gasteiger partial charge in [0.1, 0.15) is 0 Å². The van der Waals surface area contributed by atoms with Crippen LogP contribution in [-0.4, -0.2) is 26.5 Å². The Balaban J connectivity index is 2.32. The number of hydrogen-bond acceptors (Lipinski definition) is 4. The highest BCUT2D eigenvalue weighted by Crippen LogP contribution is 2.21. The van der Waals surface area contributed by atoms with Crippen LogP contribution in [0.25, 0.3) is 0 Å². The molecule has 114 valence electrons. The average molecular weight is 287 g/mol. The van der Waals surface area contributed by atoms with Crippen LogP contribution in [0.4, 0.5) is 0 Å². The lowest BCUT2D eigenvalue weighted by molar-refractivity contribution is 0.511. The Morgan fingerprint density at radius 1 is 1.10 bits per heavy atom. The molecule has 0 bridgehead atoms. The van der Waals surface area contributed by atoms with E-state index in [0.29, 0.717) is 0 Å². The fraction of sp³-hybridized carbons (Fsp3) is 0.562. The fourth-order valence-corrected chi connectivity index (χ4v) is 2.71. The summed E-state index contributed by atoms with van der Waals surface area (Å²) in [6.45, 7) is 12.1. The van der Waals surface area contributed by atoms with Gasteiger partial charge in [0, 0.05) is 24.7 Å². The molecule has 0 saturated heterocycles. The van der Waals surface area contributed by atoms with Crippen LogP contribution in [0.1, 0.15) is 48.2 Å². The van der Waals surface area contributed by atoms with Crippen LogP contribution in [0, 0.1) is 20.8 Å². The maximum atomic E-state index is 4.54. The van der Waals surface area contributed by atoms with E-state index in [1.807, 2.05) is 20.8 Å². The Morgan fingerprint density at radius 2 is 1.86 bits per heavy atom. The molecule has 0 saturated carbocycles. The smallest absolute Gasteiger partial charge is 0.0648 e. The van der Waals surface area contributed by atoms with Crippen molar-refractivity contribution in [1.29, 1.82) is 0 Å². The number of likely N-dealkylation sites (N-methyl/N-ethyl adjacent to an activating group) is 1. The Morgan fingerprint density at radius 3 is 2.52 bits per heavy atom. The summed E-state index contributed by atoms with van der Waals surface area (Å²) in [4.78, 5) is 0. The Bertz CT molecular complexity index is 603. The molecule has 2 aromatic heterocycles. The first-order valence-corrected chi connectivity index (χ1v) is 7.62. The van der Waals surface area contributed by atoms with Gasteiger partial charge < -0.3 is 5.32 Å². The molecule has 0 radical (unpaired) electrons. The Kier molecular flexibility index (Phi) is 5.07. The van der Waals surface area contributed by atoms with Gasteiger partial charge in [0.25, 0.3) is 0 Å². The SMILES string of the molecule is CCNC(Cc1cc(C)nn1CC)c1cc(C)nnc1C. The van der Waals surface area contributed by atoms with E-state index in [4.69, 9.17) is 0 Å². The largest absolute Gasteiger partial charge is 0.310 e. The summed E-state index contributed by atoms with van der Waals surface area (Å²) in [6.07, 6.45) is 0.911. The Labute approximate surface area is 126 Å². The van der Waals surface area contributed by atoms with Crippen molar-refractivity contribution in [1.82, 2.24) is 25.3 Å². The third-order valence-corrected chi connectivity index (χ3v) is 3.66. The molecular formula is C16H25N5. The first-order valence-electron chi connectivity index (χ1n) is 7.62. The van der Waals surface area contributed by atoms with Gasteiger partial charge in [-0.15, -0.1) is 0 Å². The van der Waals surface area contributed by atoms with E-state index in [0.717, 1.165) is 36.6 Å². The van der Waals surface area contributed by atoms with Crippen molar-refractivity contribution in [3.05, 3.63) is 40.5 Å². The van der Waals surface area contributed by atoms with Crippen LogP contribution in [0.2, 0.25) is 0 Å². The maximum absolute atomic E-state index is 4.54. The second-order valence-corrected chi connectivity index (χ2v) is 5.43. The monoisotopic (exact) mass is 287 g/mol. The third kappa shape index (κ3) is 3.67. The highest BCUT2D eigenvalue weighted by molar-refractivity contribution is 5.26. The predicted octanol–water partition coefficient (Wildman–Crippen LogP) is 2.51. The number of rotatable bonds is 6. The molecule has 1 unspecified atom stereocenters. The molecule has 2 rings (SSSR count). The topological polar surface area (TPSA) is 55.6 Å². The molecule has 0 amide bonds.